The molecule has 0 bridgehead atoms. The zero-order valence-electron chi connectivity index (χ0n) is 15.2. The maximum Gasteiger partial charge on any atom is 0.173 e. The SMILES string of the molecule is [2H]C1COC2(CCC3(CCC(Cc4ccccc4)O3)CC2(C)C)O1. The summed E-state index contributed by atoms with van der Waals surface area (Å²) in [5.41, 5.74) is 1.18. The third-order valence-corrected chi connectivity index (χ3v) is 6.01. The predicted octanol–water partition coefficient (Wildman–Crippen LogP) is 4.10. The smallest absolute Gasteiger partial charge is 0.173 e. The van der Waals surface area contributed by atoms with Crippen LogP contribution in [0.3, 0.4) is 0 Å². The van der Waals surface area contributed by atoms with Gasteiger partial charge in [-0.3, -0.25) is 0 Å². The Bertz CT molecular complexity index is 590. The molecule has 4 unspecified atom stereocenters. The Kier molecular flexibility index (Phi) is 3.50. The Balaban J connectivity index is 1.44. The summed E-state index contributed by atoms with van der Waals surface area (Å²) >= 11 is 0. The van der Waals surface area contributed by atoms with Gasteiger partial charge in [0.2, 0.25) is 0 Å². The van der Waals surface area contributed by atoms with Crippen LogP contribution in [0.25, 0.3) is 0 Å². The summed E-state index contributed by atoms with van der Waals surface area (Å²) in [5.74, 6) is -0.592. The van der Waals surface area contributed by atoms with Gasteiger partial charge < -0.3 is 14.2 Å². The van der Waals surface area contributed by atoms with E-state index in [0.29, 0.717) is 12.7 Å². The fraction of sp³-hybridized carbons (Fsp3) is 0.700. The van der Waals surface area contributed by atoms with Gasteiger partial charge in [0, 0.05) is 11.8 Å². The van der Waals surface area contributed by atoms with E-state index in [9.17, 15) is 0 Å². The Morgan fingerprint density at radius 1 is 1.13 bits per heavy atom. The molecule has 2 saturated heterocycles. The summed E-state index contributed by atoms with van der Waals surface area (Å²) in [5, 5.41) is 0. The van der Waals surface area contributed by atoms with E-state index in [2.05, 4.69) is 44.2 Å². The quantitative estimate of drug-likeness (QED) is 0.822. The maximum atomic E-state index is 7.85. The van der Waals surface area contributed by atoms with Gasteiger partial charge in [-0.25, -0.2) is 0 Å². The van der Waals surface area contributed by atoms with Crippen LogP contribution >= 0.6 is 0 Å². The Morgan fingerprint density at radius 2 is 1.96 bits per heavy atom. The molecule has 0 aromatic heterocycles. The molecular formula is C20H28O3. The number of hydrogen-bond acceptors (Lipinski definition) is 3. The van der Waals surface area contributed by atoms with Crippen molar-refractivity contribution in [3.8, 4) is 0 Å². The summed E-state index contributed by atoms with van der Waals surface area (Å²) in [6.07, 6.45) is 6.29. The van der Waals surface area contributed by atoms with Gasteiger partial charge in [-0.05, 0) is 37.7 Å². The number of hydrogen-bond donors (Lipinski definition) is 0. The summed E-state index contributed by atoms with van der Waals surface area (Å²) < 4.78 is 26.3. The van der Waals surface area contributed by atoms with Crippen molar-refractivity contribution < 1.29 is 15.6 Å². The minimum absolute atomic E-state index is 0.0406. The molecule has 2 spiro atoms. The first-order valence-electron chi connectivity index (χ1n) is 9.46. The predicted molar refractivity (Wildman–Crippen MR) is 89.3 cm³/mol. The second-order valence-corrected chi connectivity index (χ2v) is 8.06. The van der Waals surface area contributed by atoms with E-state index in [-0.39, 0.29) is 11.0 Å². The maximum absolute atomic E-state index is 7.85. The third-order valence-electron chi connectivity index (χ3n) is 6.01. The Labute approximate surface area is 140 Å². The molecule has 1 aromatic carbocycles. The van der Waals surface area contributed by atoms with E-state index in [0.717, 1.165) is 38.5 Å². The summed E-state index contributed by atoms with van der Waals surface area (Å²) in [6, 6.07) is 10.6. The first-order valence-corrected chi connectivity index (χ1v) is 8.88. The van der Waals surface area contributed by atoms with E-state index >= 15 is 0 Å². The van der Waals surface area contributed by atoms with Gasteiger partial charge in [-0.2, -0.15) is 0 Å². The summed E-state index contributed by atoms with van der Waals surface area (Å²) in [6.45, 7) is 4.25. The van der Waals surface area contributed by atoms with E-state index in [4.69, 9.17) is 15.6 Å². The van der Waals surface area contributed by atoms with E-state index < -0.39 is 12.4 Å². The number of benzene rings is 1. The Morgan fingerprint density at radius 3 is 2.65 bits per heavy atom. The van der Waals surface area contributed by atoms with Crippen molar-refractivity contribution in [1.82, 2.24) is 0 Å². The van der Waals surface area contributed by atoms with Crippen molar-refractivity contribution >= 4 is 0 Å². The minimum Gasteiger partial charge on any atom is -0.371 e. The van der Waals surface area contributed by atoms with Crippen molar-refractivity contribution in [1.29, 1.82) is 0 Å². The van der Waals surface area contributed by atoms with Crippen LogP contribution in [0.5, 0.6) is 0 Å². The van der Waals surface area contributed by atoms with E-state index in [1.807, 2.05) is 0 Å². The fourth-order valence-electron chi connectivity index (χ4n) is 4.85. The molecule has 3 fully saturated rings. The second-order valence-electron chi connectivity index (χ2n) is 8.06. The van der Waals surface area contributed by atoms with Crippen molar-refractivity contribution in [2.75, 3.05) is 13.2 Å². The average molecular weight is 317 g/mol. The van der Waals surface area contributed by atoms with Crippen LogP contribution in [0.1, 0.15) is 52.9 Å². The molecule has 2 aliphatic heterocycles. The number of ether oxygens (including phenoxy) is 3. The van der Waals surface area contributed by atoms with Gasteiger partial charge in [0.05, 0.1) is 26.3 Å². The monoisotopic (exact) mass is 317 g/mol. The van der Waals surface area contributed by atoms with Crippen LogP contribution in [0.4, 0.5) is 0 Å². The minimum atomic E-state index is -0.592. The van der Waals surface area contributed by atoms with Gasteiger partial charge >= 0.3 is 0 Å². The average Bonchev–Trinajstić information content (AvgIpc) is 3.10. The number of rotatable bonds is 2. The highest BCUT2D eigenvalue weighted by Crippen LogP contribution is 2.56. The van der Waals surface area contributed by atoms with Crippen LogP contribution in [-0.4, -0.2) is 30.7 Å². The molecule has 4 atom stereocenters. The molecule has 4 rings (SSSR count). The molecule has 3 nitrogen and oxygen atoms in total. The zero-order chi connectivity index (χ0) is 16.8. The van der Waals surface area contributed by atoms with Crippen LogP contribution < -0.4 is 0 Å². The first kappa shape index (κ1) is 14.4. The largest absolute Gasteiger partial charge is 0.371 e. The molecule has 23 heavy (non-hydrogen) atoms. The lowest BCUT2D eigenvalue weighted by Gasteiger charge is -2.52. The van der Waals surface area contributed by atoms with Crippen LogP contribution in [0, 0.1) is 5.41 Å². The van der Waals surface area contributed by atoms with Gasteiger partial charge in [0.1, 0.15) is 0 Å². The molecular weight excluding hydrogens is 288 g/mol. The topological polar surface area (TPSA) is 27.7 Å². The molecule has 2 heterocycles. The van der Waals surface area contributed by atoms with E-state index in [1.54, 1.807) is 0 Å². The molecule has 1 aliphatic carbocycles. The summed E-state index contributed by atoms with van der Waals surface area (Å²) in [7, 11) is 0. The first-order chi connectivity index (χ1) is 11.4. The van der Waals surface area contributed by atoms with Crippen LogP contribution in [0.2, 0.25) is 0 Å². The van der Waals surface area contributed by atoms with Gasteiger partial charge in [0.15, 0.2) is 5.79 Å². The highest BCUT2D eigenvalue weighted by molar-refractivity contribution is 5.16. The molecule has 3 aliphatic rings. The van der Waals surface area contributed by atoms with Crippen LogP contribution in [-0.2, 0) is 20.6 Å². The molecule has 0 radical (unpaired) electrons. The molecule has 0 N–H and O–H groups in total. The van der Waals surface area contributed by atoms with Crippen LogP contribution in [0.15, 0.2) is 30.3 Å². The highest BCUT2D eigenvalue weighted by Gasteiger charge is 2.59. The normalized spacial score (nSPS) is 43.1. The molecule has 3 heteroatoms. The third kappa shape index (κ3) is 2.73. The molecule has 1 aromatic rings. The lowest BCUT2D eigenvalue weighted by molar-refractivity contribution is -0.274. The molecule has 0 amide bonds. The van der Waals surface area contributed by atoms with Gasteiger partial charge in [-0.1, -0.05) is 44.2 Å². The van der Waals surface area contributed by atoms with Crippen molar-refractivity contribution in [3.05, 3.63) is 35.9 Å². The lowest BCUT2D eigenvalue weighted by atomic mass is 9.65. The van der Waals surface area contributed by atoms with Crippen molar-refractivity contribution in [2.45, 2.75) is 69.9 Å². The standard InChI is InChI=1S/C20H28O3/c1-18(2)15-19(10-11-20(18)21-12-13-22-20)9-8-17(23-19)14-16-6-4-3-5-7-16/h3-7,17H,8-15H2,1-2H3/i12D. The fourth-order valence-corrected chi connectivity index (χ4v) is 4.85. The Hall–Kier alpha value is -0.900. The van der Waals surface area contributed by atoms with Crippen molar-refractivity contribution in [3.63, 3.8) is 0 Å². The van der Waals surface area contributed by atoms with E-state index in [1.165, 1.54) is 5.56 Å². The summed E-state index contributed by atoms with van der Waals surface area (Å²) in [4.78, 5) is 0. The van der Waals surface area contributed by atoms with Gasteiger partial charge in [-0.15, -0.1) is 0 Å². The van der Waals surface area contributed by atoms with Gasteiger partial charge in [0.25, 0.3) is 0 Å². The highest BCUT2D eigenvalue weighted by atomic mass is 16.7. The van der Waals surface area contributed by atoms with Crippen molar-refractivity contribution in [2.24, 2.45) is 5.41 Å². The molecule has 126 valence electrons. The molecule has 1 saturated carbocycles. The lowest BCUT2D eigenvalue weighted by Crippen LogP contribution is -2.55. The zero-order valence-corrected chi connectivity index (χ0v) is 14.2. The second kappa shape index (κ2) is 5.58.